The molecule has 0 bridgehead atoms. The molecule has 0 saturated heterocycles. The minimum Gasteiger partial charge on any atom is -0.462 e. The number of ether oxygens (including phenoxy) is 1. The third-order valence-electron chi connectivity index (χ3n) is 4.20. The molecule has 0 radical (unpaired) electrons. The van der Waals surface area contributed by atoms with Crippen LogP contribution in [0.15, 0.2) is 29.6 Å². The Bertz CT molecular complexity index is 875. The highest BCUT2D eigenvalue weighted by molar-refractivity contribution is 7.15. The molecule has 1 aromatic carbocycles. The van der Waals surface area contributed by atoms with Crippen LogP contribution in [0, 0.1) is 6.92 Å². The molecular formula is C21H27N3O4S. The second kappa shape index (κ2) is 10.2. The van der Waals surface area contributed by atoms with Crippen LogP contribution in [-0.2, 0) is 14.3 Å². The summed E-state index contributed by atoms with van der Waals surface area (Å²) in [6.07, 6.45) is 0. The monoisotopic (exact) mass is 417 g/mol. The van der Waals surface area contributed by atoms with E-state index in [4.69, 9.17) is 4.74 Å². The van der Waals surface area contributed by atoms with Gasteiger partial charge in [-0.25, -0.2) is 4.79 Å². The van der Waals surface area contributed by atoms with E-state index in [2.05, 4.69) is 5.32 Å². The number of aryl methyl sites for hydroxylation is 1. The number of amides is 2. The summed E-state index contributed by atoms with van der Waals surface area (Å²) in [5.41, 5.74) is 3.07. The number of carbonyl (C=O) groups is 3. The number of hydrogen-bond donors (Lipinski definition) is 1. The van der Waals surface area contributed by atoms with Crippen LogP contribution < -0.4 is 5.32 Å². The van der Waals surface area contributed by atoms with Crippen molar-refractivity contribution >= 4 is 34.1 Å². The van der Waals surface area contributed by atoms with Crippen molar-refractivity contribution in [3.05, 3.63) is 40.8 Å². The van der Waals surface area contributed by atoms with E-state index in [0.717, 1.165) is 16.7 Å². The summed E-state index contributed by atoms with van der Waals surface area (Å²) in [4.78, 5) is 39.9. The third kappa shape index (κ3) is 6.13. The van der Waals surface area contributed by atoms with Gasteiger partial charge < -0.3 is 15.0 Å². The van der Waals surface area contributed by atoms with Crippen LogP contribution in [0.25, 0.3) is 11.1 Å². The lowest BCUT2D eigenvalue weighted by Gasteiger charge is -2.18. The lowest BCUT2D eigenvalue weighted by atomic mass is 10.0. The minimum atomic E-state index is -0.476. The molecule has 2 amide bonds. The Morgan fingerprint density at radius 1 is 1.07 bits per heavy atom. The first-order valence-corrected chi connectivity index (χ1v) is 10.1. The zero-order chi connectivity index (χ0) is 21.6. The van der Waals surface area contributed by atoms with Crippen LogP contribution in [0.5, 0.6) is 0 Å². The molecule has 1 aromatic heterocycles. The molecule has 0 fully saturated rings. The maximum Gasteiger partial charge on any atom is 0.341 e. The molecule has 8 heteroatoms. The smallest absolute Gasteiger partial charge is 0.341 e. The molecule has 7 nitrogen and oxygen atoms in total. The Balaban J connectivity index is 2.21. The van der Waals surface area contributed by atoms with E-state index in [1.54, 1.807) is 33.0 Å². The molecule has 2 rings (SSSR count). The topological polar surface area (TPSA) is 79.0 Å². The van der Waals surface area contributed by atoms with Crippen LogP contribution in [0.4, 0.5) is 5.00 Å². The van der Waals surface area contributed by atoms with Gasteiger partial charge in [-0.2, -0.15) is 0 Å². The molecule has 156 valence electrons. The quantitative estimate of drug-likeness (QED) is 0.668. The van der Waals surface area contributed by atoms with Gasteiger partial charge >= 0.3 is 5.97 Å². The summed E-state index contributed by atoms with van der Waals surface area (Å²) in [5, 5.41) is 5.08. The molecule has 0 aliphatic carbocycles. The van der Waals surface area contributed by atoms with Crippen molar-refractivity contribution in [2.75, 3.05) is 46.2 Å². The first-order valence-electron chi connectivity index (χ1n) is 9.27. The second-order valence-corrected chi connectivity index (χ2v) is 7.83. The van der Waals surface area contributed by atoms with Gasteiger partial charge in [-0.3, -0.25) is 14.5 Å². The van der Waals surface area contributed by atoms with Crippen LogP contribution in [0.1, 0.15) is 22.8 Å². The Morgan fingerprint density at radius 3 is 2.31 bits per heavy atom. The van der Waals surface area contributed by atoms with E-state index in [0.29, 0.717) is 10.6 Å². The molecule has 1 heterocycles. The average molecular weight is 418 g/mol. The highest BCUT2D eigenvalue weighted by atomic mass is 32.1. The summed E-state index contributed by atoms with van der Waals surface area (Å²) in [6.45, 7) is 4.13. The Morgan fingerprint density at radius 2 is 1.72 bits per heavy atom. The number of anilines is 1. The summed E-state index contributed by atoms with van der Waals surface area (Å²) in [6, 6.07) is 7.81. The number of thiophene rings is 1. The lowest BCUT2D eigenvalue weighted by Crippen LogP contribution is -2.38. The van der Waals surface area contributed by atoms with Gasteiger partial charge in [0.1, 0.15) is 10.6 Å². The van der Waals surface area contributed by atoms with Crippen molar-refractivity contribution in [1.82, 2.24) is 9.80 Å². The van der Waals surface area contributed by atoms with Crippen molar-refractivity contribution in [3.8, 4) is 11.1 Å². The number of hydrogen-bond acceptors (Lipinski definition) is 6. The Labute approximate surface area is 175 Å². The van der Waals surface area contributed by atoms with Gasteiger partial charge in [0, 0.05) is 25.0 Å². The third-order valence-corrected chi connectivity index (χ3v) is 5.10. The van der Waals surface area contributed by atoms with Crippen molar-refractivity contribution < 1.29 is 19.1 Å². The normalized spacial score (nSPS) is 10.7. The first kappa shape index (κ1) is 22.6. The summed E-state index contributed by atoms with van der Waals surface area (Å²) < 4.78 is 5.21. The van der Waals surface area contributed by atoms with Crippen molar-refractivity contribution in [3.63, 3.8) is 0 Å². The molecule has 0 aliphatic heterocycles. The standard InChI is InChI=1S/C21H27N3O4S/c1-6-28-21(27)19-16(15-9-7-14(2)8-10-15)13-29-20(19)22-17(25)11-24(5)12-18(26)23(3)4/h7-10,13H,6,11-12H2,1-5H3,(H,22,25). The van der Waals surface area contributed by atoms with E-state index < -0.39 is 5.97 Å². The summed E-state index contributed by atoms with van der Waals surface area (Å²) in [7, 11) is 5.03. The Kier molecular flexibility index (Phi) is 7.92. The number of likely N-dealkylation sites (N-methyl/N-ethyl adjacent to an activating group) is 2. The summed E-state index contributed by atoms with van der Waals surface area (Å²) >= 11 is 1.28. The molecule has 2 aromatic rings. The van der Waals surface area contributed by atoms with Gasteiger partial charge in [0.05, 0.1) is 19.7 Å². The number of carbonyl (C=O) groups excluding carboxylic acids is 3. The maximum atomic E-state index is 12.6. The molecule has 29 heavy (non-hydrogen) atoms. The molecule has 0 atom stereocenters. The molecule has 0 unspecified atom stereocenters. The fourth-order valence-corrected chi connectivity index (χ4v) is 3.61. The SMILES string of the molecule is CCOC(=O)c1c(-c2ccc(C)cc2)csc1NC(=O)CN(C)CC(=O)N(C)C. The van der Waals surface area contributed by atoms with Gasteiger partial charge in [-0.1, -0.05) is 29.8 Å². The molecule has 1 N–H and O–H groups in total. The molecule has 0 aliphatic rings. The number of benzene rings is 1. The lowest BCUT2D eigenvalue weighted by molar-refractivity contribution is -0.130. The number of esters is 1. The number of nitrogens with zero attached hydrogens (tertiary/aromatic N) is 2. The Hall–Kier alpha value is -2.71. The number of rotatable bonds is 8. The van der Waals surface area contributed by atoms with Crippen molar-refractivity contribution in [2.45, 2.75) is 13.8 Å². The maximum absolute atomic E-state index is 12.6. The zero-order valence-electron chi connectivity index (χ0n) is 17.4. The fraction of sp³-hybridized carbons (Fsp3) is 0.381. The predicted molar refractivity (Wildman–Crippen MR) is 115 cm³/mol. The highest BCUT2D eigenvalue weighted by Crippen LogP contribution is 2.36. The van der Waals surface area contributed by atoms with Gasteiger partial charge in [0.25, 0.3) is 0 Å². The van der Waals surface area contributed by atoms with E-state index in [1.807, 2.05) is 36.6 Å². The van der Waals surface area contributed by atoms with Crippen LogP contribution in [-0.4, -0.2) is 68.4 Å². The minimum absolute atomic E-state index is 0.0274. The predicted octanol–water partition coefficient (Wildman–Crippen LogP) is 2.86. The second-order valence-electron chi connectivity index (χ2n) is 6.95. The van der Waals surface area contributed by atoms with Gasteiger partial charge in [0.15, 0.2) is 0 Å². The van der Waals surface area contributed by atoms with Crippen LogP contribution in [0.2, 0.25) is 0 Å². The van der Waals surface area contributed by atoms with Gasteiger partial charge in [-0.05, 0) is 26.5 Å². The van der Waals surface area contributed by atoms with E-state index in [9.17, 15) is 14.4 Å². The van der Waals surface area contributed by atoms with Crippen molar-refractivity contribution in [1.29, 1.82) is 0 Å². The first-order chi connectivity index (χ1) is 13.7. The van der Waals surface area contributed by atoms with Crippen LogP contribution >= 0.6 is 11.3 Å². The van der Waals surface area contributed by atoms with Gasteiger partial charge in [0.2, 0.25) is 11.8 Å². The molecule has 0 spiro atoms. The number of nitrogens with one attached hydrogen (secondary N) is 1. The fourth-order valence-electron chi connectivity index (χ4n) is 2.64. The van der Waals surface area contributed by atoms with E-state index >= 15 is 0 Å². The largest absolute Gasteiger partial charge is 0.462 e. The van der Waals surface area contributed by atoms with E-state index in [-0.39, 0.29) is 31.5 Å². The van der Waals surface area contributed by atoms with Gasteiger partial charge in [-0.15, -0.1) is 11.3 Å². The van der Waals surface area contributed by atoms with Crippen LogP contribution in [0.3, 0.4) is 0 Å². The molecular weight excluding hydrogens is 390 g/mol. The average Bonchev–Trinajstić information content (AvgIpc) is 3.05. The summed E-state index contributed by atoms with van der Waals surface area (Å²) in [5.74, 6) is -0.872. The van der Waals surface area contributed by atoms with E-state index in [1.165, 1.54) is 16.2 Å². The zero-order valence-corrected chi connectivity index (χ0v) is 18.3. The molecule has 0 saturated carbocycles. The van der Waals surface area contributed by atoms with Crippen molar-refractivity contribution in [2.24, 2.45) is 0 Å². The highest BCUT2D eigenvalue weighted by Gasteiger charge is 2.23.